The van der Waals surface area contributed by atoms with Crippen LogP contribution < -0.4 is 20.5 Å². The number of carbonyl (C=O) groups excluding carboxylic acids is 3. The fraction of sp³-hybridized carbons (Fsp3) is 0.312. The first-order valence-corrected chi connectivity index (χ1v) is 7.34. The van der Waals surface area contributed by atoms with Crippen molar-refractivity contribution in [2.75, 3.05) is 13.2 Å². The maximum Gasteiger partial charge on any atom is 0.331 e. The fourth-order valence-electron chi connectivity index (χ4n) is 1.94. The monoisotopic (exact) mass is 334 g/mol. The maximum absolute atomic E-state index is 11.7. The third-order valence-electron chi connectivity index (χ3n) is 3.09. The zero-order valence-corrected chi connectivity index (χ0v) is 13.1. The number of benzene rings is 1. The van der Waals surface area contributed by atoms with Crippen LogP contribution in [0.5, 0.6) is 11.5 Å². The van der Waals surface area contributed by atoms with Crippen molar-refractivity contribution < 1.29 is 28.6 Å². The molecule has 1 aliphatic heterocycles. The molecule has 3 amide bonds. The van der Waals surface area contributed by atoms with Gasteiger partial charge in [-0.2, -0.15) is 0 Å². The van der Waals surface area contributed by atoms with Gasteiger partial charge >= 0.3 is 12.0 Å². The second-order valence-corrected chi connectivity index (χ2v) is 5.02. The van der Waals surface area contributed by atoms with E-state index in [0.29, 0.717) is 30.3 Å². The van der Waals surface area contributed by atoms with Crippen LogP contribution in [0.3, 0.4) is 0 Å². The number of esters is 1. The van der Waals surface area contributed by atoms with Crippen molar-refractivity contribution in [3.05, 3.63) is 29.8 Å². The van der Waals surface area contributed by atoms with Crippen molar-refractivity contribution in [3.8, 4) is 11.5 Å². The van der Waals surface area contributed by atoms with Gasteiger partial charge in [0.1, 0.15) is 0 Å². The molecule has 0 aromatic heterocycles. The molecule has 8 heteroatoms. The predicted molar refractivity (Wildman–Crippen MR) is 84.4 cm³/mol. The van der Waals surface area contributed by atoms with Crippen molar-refractivity contribution in [3.63, 3.8) is 0 Å². The Balaban J connectivity index is 1.95. The SMILES string of the molecule is C[C@@H](OC(=O)/C=C/c1ccc2c(c1)OCCCO2)C(=O)NC(N)=O. The Kier molecular flexibility index (Phi) is 5.78. The van der Waals surface area contributed by atoms with Crippen molar-refractivity contribution in [2.24, 2.45) is 5.73 Å². The Bertz CT molecular complexity index is 671. The molecule has 128 valence electrons. The number of rotatable bonds is 4. The molecule has 0 saturated heterocycles. The lowest BCUT2D eigenvalue weighted by Gasteiger charge is -2.10. The van der Waals surface area contributed by atoms with E-state index in [-0.39, 0.29) is 0 Å². The Morgan fingerprint density at radius 2 is 1.96 bits per heavy atom. The summed E-state index contributed by atoms with van der Waals surface area (Å²) in [5.74, 6) is -0.254. The highest BCUT2D eigenvalue weighted by atomic mass is 16.5. The smallest absolute Gasteiger partial charge is 0.331 e. The summed E-state index contributed by atoms with van der Waals surface area (Å²) in [6, 6.07) is 4.26. The van der Waals surface area contributed by atoms with Crippen LogP contribution in [0.25, 0.3) is 6.08 Å². The third-order valence-corrected chi connectivity index (χ3v) is 3.09. The molecule has 0 spiro atoms. The molecule has 1 atom stereocenters. The molecule has 3 N–H and O–H groups in total. The van der Waals surface area contributed by atoms with Gasteiger partial charge in [0, 0.05) is 12.5 Å². The number of urea groups is 1. The summed E-state index contributed by atoms with van der Waals surface area (Å²) in [4.78, 5) is 33.7. The van der Waals surface area contributed by atoms with Gasteiger partial charge in [-0.3, -0.25) is 10.1 Å². The van der Waals surface area contributed by atoms with Crippen molar-refractivity contribution in [1.82, 2.24) is 5.32 Å². The molecule has 0 fully saturated rings. The number of ether oxygens (including phenoxy) is 3. The molecule has 2 rings (SSSR count). The van der Waals surface area contributed by atoms with Crippen molar-refractivity contribution in [1.29, 1.82) is 0 Å². The van der Waals surface area contributed by atoms with Crippen LogP contribution in [0, 0.1) is 0 Å². The average Bonchev–Trinajstić information content (AvgIpc) is 2.77. The highest BCUT2D eigenvalue weighted by molar-refractivity contribution is 5.97. The van der Waals surface area contributed by atoms with Gasteiger partial charge in [-0.05, 0) is 30.7 Å². The molecule has 1 aliphatic rings. The number of hydrogen-bond donors (Lipinski definition) is 2. The number of nitrogens with one attached hydrogen (secondary N) is 1. The minimum Gasteiger partial charge on any atom is -0.490 e. The largest absolute Gasteiger partial charge is 0.490 e. The van der Waals surface area contributed by atoms with Crippen LogP contribution in [0.15, 0.2) is 24.3 Å². The molecular weight excluding hydrogens is 316 g/mol. The molecule has 0 saturated carbocycles. The summed E-state index contributed by atoms with van der Waals surface area (Å²) in [5.41, 5.74) is 5.53. The Labute approximate surface area is 138 Å². The van der Waals surface area contributed by atoms with E-state index in [4.69, 9.17) is 19.9 Å². The number of fused-ring (bicyclic) bond motifs is 1. The molecule has 8 nitrogen and oxygen atoms in total. The predicted octanol–water partition coefficient (Wildman–Crippen LogP) is 0.988. The van der Waals surface area contributed by atoms with Gasteiger partial charge in [0.05, 0.1) is 13.2 Å². The number of carbonyl (C=O) groups is 3. The molecule has 0 unspecified atom stereocenters. The van der Waals surface area contributed by atoms with Gasteiger partial charge in [0.25, 0.3) is 5.91 Å². The highest BCUT2D eigenvalue weighted by Gasteiger charge is 2.17. The second kappa shape index (κ2) is 8.00. The zero-order valence-electron chi connectivity index (χ0n) is 13.1. The maximum atomic E-state index is 11.7. The Hall–Kier alpha value is -3.03. The quantitative estimate of drug-likeness (QED) is 0.626. The fourth-order valence-corrected chi connectivity index (χ4v) is 1.94. The molecule has 0 aliphatic carbocycles. The summed E-state index contributed by atoms with van der Waals surface area (Å²) in [6.07, 6.45) is 2.36. The van der Waals surface area contributed by atoms with Gasteiger partial charge in [-0.15, -0.1) is 0 Å². The molecule has 1 aromatic rings. The summed E-state index contributed by atoms with van der Waals surface area (Å²) < 4.78 is 15.9. The summed E-state index contributed by atoms with van der Waals surface area (Å²) >= 11 is 0. The van der Waals surface area contributed by atoms with Crippen LogP contribution in [-0.4, -0.2) is 37.2 Å². The lowest BCUT2D eigenvalue weighted by atomic mass is 10.2. The lowest BCUT2D eigenvalue weighted by molar-refractivity contribution is -0.149. The van der Waals surface area contributed by atoms with E-state index in [1.165, 1.54) is 19.1 Å². The average molecular weight is 334 g/mol. The van der Waals surface area contributed by atoms with E-state index in [1.54, 1.807) is 18.2 Å². The normalized spacial score (nSPS) is 14.5. The van der Waals surface area contributed by atoms with Gasteiger partial charge < -0.3 is 19.9 Å². The first-order valence-electron chi connectivity index (χ1n) is 7.34. The second-order valence-electron chi connectivity index (χ2n) is 5.02. The number of nitrogens with two attached hydrogens (primary N) is 1. The van der Waals surface area contributed by atoms with E-state index in [0.717, 1.165) is 6.42 Å². The van der Waals surface area contributed by atoms with E-state index < -0.39 is 24.0 Å². The summed E-state index contributed by atoms with van der Waals surface area (Å²) in [6.45, 7) is 2.49. The number of hydrogen-bond acceptors (Lipinski definition) is 6. The Morgan fingerprint density at radius 3 is 2.67 bits per heavy atom. The molecule has 0 radical (unpaired) electrons. The molecule has 24 heavy (non-hydrogen) atoms. The van der Waals surface area contributed by atoms with Crippen LogP contribution in [0.1, 0.15) is 18.9 Å². The first-order chi connectivity index (χ1) is 11.5. The Morgan fingerprint density at radius 1 is 1.25 bits per heavy atom. The van der Waals surface area contributed by atoms with Crippen molar-refractivity contribution >= 4 is 24.0 Å². The van der Waals surface area contributed by atoms with Crippen LogP contribution in [0.4, 0.5) is 4.79 Å². The topological polar surface area (TPSA) is 117 Å². The third kappa shape index (κ3) is 5.01. The van der Waals surface area contributed by atoms with E-state index >= 15 is 0 Å². The standard InChI is InChI=1S/C16H18N2O6/c1-10(15(20)18-16(17)21)24-14(19)6-4-11-3-5-12-13(9-11)23-8-2-7-22-12/h3-6,9-10H,2,7-8H2,1H3,(H3,17,18,20,21)/b6-4+/t10-/m1/s1. The summed E-state index contributed by atoms with van der Waals surface area (Å²) in [7, 11) is 0. The van der Waals surface area contributed by atoms with Gasteiger partial charge in [0.15, 0.2) is 17.6 Å². The van der Waals surface area contributed by atoms with Crippen LogP contribution in [-0.2, 0) is 14.3 Å². The zero-order chi connectivity index (χ0) is 17.5. The summed E-state index contributed by atoms with van der Waals surface area (Å²) in [5, 5.41) is 1.83. The molecule has 0 bridgehead atoms. The number of primary amides is 1. The van der Waals surface area contributed by atoms with Gasteiger partial charge in [-0.25, -0.2) is 9.59 Å². The minimum atomic E-state index is -1.14. The molecule has 1 heterocycles. The highest BCUT2D eigenvalue weighted by Crippen LogP contribution is 2.30. The van der Waals surface area contributed by atoms with Crippen LogP contribution >= 0.6 is 0 Å². The van der Waals surface area contributed by atoms with Gasteiger partial charge in [-0.1, -0.05) is 6.07 Å². The first kappa shape index (κ1) is 17.3. The number of amides is 3. The minimum absolute atomic E-state index is 0.564. The molecular formula is C16H18N2O6. The van der Waals surface area contributed by atoms with E-state index in [1.807, 2.05) is 5.32 Å². The van der Waals surface area contributed by atoms with E-state index in [9.17, 15) is 14.4 Å². The molecule has 1 aromatic carbocycles. The van der Waals surface area contributed by atoms with Gasteiger partial charge in [0.2, 0.25) is 0 Å². The van der Waals surface area contributed by atoms with Crippen LogP contribution in [0.2, 0.25) is 0 Å². The van der Waals surface area contributed by atoms with E-state index in [2.05, 4.69) is 0 Å². The number of imide groups is 1. The lowest BCUT2D eigenvalue weighted by Crippen LogP contribution is -2.42. The van der Waals surface area contributed by atoms with Crippen molar-refractivity contribution in [2.45, 2.75) is 19.4 Å².